The Balaban J connectivity index is 2.17. The average molecular weight is 233 g/mol. The fourth-order valence-electron chi connectivity index (χ4n) is 1.86. The van der Waals surface area contributed by atoms with Crippen LogP contribution in [-0.4, -0.2) is 10.4 Å². The van der Waals surface area contributed by atoms with E-state index in [1.165, 1.54) is 11.3 Å². The third-order valence-corrected chi connectivity index (χ3v) is 4.04. The van der Waals surface area contributed by atoms with Gasteiger partial charge in [-0.1, -0.05) is 11.3 Å². The molecule has 3 rings (SSSR count). The number of nitrogens with zero attached hydrogens (tertiary/aromatic N) is 1. The quantitative estimate of drug-likeness (QED) is 0.746. The molecule has 0 unspecified atom stereocenters. The highest BCUT2D eigenvalue weighted by atomic mass is 32.1. The lowest BCUT2D eigenvalue weighted by atomic mass is 10.1. The number of Topliss-reactive ketones (excluding diaryl/α,β-unsaturated/α-hetero) is 1. The number of thiazole rings is 1. The molecule has 0 aliphatic heterocycles. The maximum absolute atomic E-state index is 11.9. The maximum atomic E-state index is 11.9. The first kappa shape index (κ1) is 9.78. The zero-order valence-electron chi connectivity index (χ0n) is 8.90. The second-order valence-corrected chi connectivity index (χ2v) is 5.24. The van der Waals surface area contributed by atoms with Crippen LogP contribution in [0.4, 0.5) is 0 Å². The van der Waals surface area contributed by atoms with Crippen LogP contribution >= 0.6 is 11.3 Å². The van der Waals surface area contributed by atoms with Crippen molar-refractivity contribution >= 4 is 27.3 Å². The number of carbonyl (C=O) groups is 1. The van der Waals surface area contributed by atoms with Crippen molar-refractivity contribution < 1.29 is 4.79 Å². The van der Waals surface area contributed by atoms with Crippen molar-refractivity contribution in [1.29, 1.82) is 0 Å². The van der Waals surface area contributed by atoms with Crippen molar-refractivity contribution in [1.82, 2.24) is 4.57 Å². The molecule has 0 radical (unpaired) electrons. The molecule has 0 bridgehead atoms. The lowest BCUT2D eigenvalue weighted by molar-refractivity contribution is 0.0968. The zero-order valence-corrected chi connectivity index (χ0v) is 9.71. The third kappa shape index (κ3) is 1.41. The summed E-state index contributed by atoms with van der Waals surface area (Å²) in [6.45, 7) is 0. The Hall–Kier alpha value is -1.42. The van der Waals surface area contributed by atoms with Gasteiger partial charge in [0.15, 0.2) is 5.78 Å². The van der Waals surface area contributed by atoms with Gasteiger partial charge in [-0.3, -0.25) is 9.59 Å². The SMILES string of the molecule is Cn1c(=O)sc2ccc(C(=O)C3CC3)cc21. The van der Waals surface area contributed by atoms with E-state index in [1.54, 1.807) is 11.6 Å². The molecule has 3 nitrogen and oxygen atoms in total. The molecule has 4 heteroatoms. The number of hydrogen-bond donors (Lipinski definition) is 0. The van der Waals surface area contributed by atoms with E-state index in [1.807, 2.05) is 18.2 Å². The van der Waals surface area contributed by atoms with Crippen LogP contribution in [0, 0.1) is 5.92 Å². The van der Waals surface area contributed by atoms with Crippen LogP contribution in [-0.2, 0) is 7.05 Å². The molecule has 0 N–H and O–H groups in total. The summed E-state index contributed by atoms with van der Waals surface area (Å²) in [4.78, 5) is 23.4. The summed E-state index contributed by atoms with van der Waals surface area (Å²) in [6.07, 6.45) is 2.03. The number of benzene rings is 1. The fourth-order valence-corrected chi connectivity index (χ4v) is 2.72. The lowest BCUT2D eigenvalue weighted by Crippen LogP contribution is -2.07. The van der Waals surface area contributed by atoms with Crippen molar-refractivity contribution in [2.75, 3.05) is 0 Å². The summed E-state index contributed by atoms with van der Waals surface area (Å²) in [5.74, 6) is 0.452. The van der Waals surface area contributed by atoms with Gasteiger partial charge in [-0.25, -0.2) is 0 Å². The Labute approximate surface area is 96.3 Å². The second kappa shape index (κ2) is 3.28. The molecule has 1 aliphatic carbocycles. The molecule has 1 heterocycles. The number of ketones is 1. The van der Waals surface area contributed by atoms with E-state index in [-0.39, 0.29) is 16.6 Å². The Morgan fingerprint density at radius 1 is 1.44 bits per heavy atom. The van der Waals surface area contributed by atoms with E-state index in [2.05, 4.69) is 0 Å². The maximum Gasteiger partial charge on any atom is 0.307 e. The second-order valence-electron chi connectivity index (χ2n) is 4.25. The number of aryl methyl sites for hydroxylation is 1. The molecule has 16 heavy (non-hydrogen) atoms. The molecule has 1 fully saturated rings. The third-order valence-electron chi connectivity index (χ3n) is 3.02. The number of carbonyl (C=O) groups excluding carboxylic acids is 1. The first-order valence-electron chi connectivity index (χ1n) is 5.30. The van der Waals surface area contributed by atoms with Crippen LogP contribution < -0.4 is 4.87 Å². The highest BCUT2D eigenvalue weighted by molar-refractivity contribution is 7.16. The van der Waals surface area contributed by atoms with Gasteiger partial charge in [0.25, 0.3) is 0 Å². The summed E-state index contributed by atoms with van der Waals surface area (Å²) in [5.41, 5.74) is 1.60. The Morgan fingerprint density at radius 3 is 2.88 bits per heavy atom. The minimum absolute atomic E-state index is 0.0195. The molecule has 0 spiro atoms. The van der Waals surface area contributed by atoms with Crippen LogP contribution in [0.2, 0.25) is 0 Å². The van der Waals surface area contributed by atoms with E-state index in [4.69, 9.17) is 0 Å². The smallest absolute Gasteiger partial charge is 0.302 e. The van der Waals surface area contributed by atoms with Crippen molar-refractivity contribution in [3.05, 3.63) is 33.4 Å². The lowest BCUT2D eigenvalue weighted by Gasteiger charge is -2.00. The van der Waals surface area contributed by atoms with Gasteiger partial charge in [0.1, 0.15) is 0 Å². The minimum atomic E-state index is 0.0195. The summed E-state index contributed by atoms with van der Waals surface area (Å²) >= 11 is 1.22. The molecule has 0 atom stereocenters. The Kier molecular flexibility index (Phi) is 2.01. The Bertz CT molecular complexity index is 634. The first-order valence-corrected chi connectivity index (χ1v) is 6.12. The summed E-state index contributed by atoms with van der Waals surface area (Å²) in [5, 5.41) is 0. The highest BCUT2D eigenvalue weighted by Gasteiger charge is 2.30. The van der Waals surface area contributed by atoms with Gasteiger partial charge in [0, 0.05) is 18.5 Å². The van der Waals surface area contributed by atoms with E-state index in [9.17, 15) is 9.59 Å². The monoisotopic (exact) mass is 233 g/mol. The van der Waals surface area contributed by atoms with Crippen LogP contribution in [0.5, 0.6) is 0 Å². The van der Waals surface area contributed by atoms with Crippen molar-refractivity contribution in [2.45, 2.75) is 12.8 Å². The van der Waals surface area contributed by atoms with Crippen LogP contribution in [0.25, 0.3) is 10.2 Å². The average Bonchev–Trinajstić information content (AvgIpc) is 3.07. The van der Waals surface area contributed by atoms with Crippen LogP contribution in [0.15, 0.2) is 23.0 Å². The highest BCUT2D eigenvalue weighted by Crippen LogP contribution is 2.33. The van der Waals surface area contributed by atoms with Gasteiger partial charge in [-0.2, -0.15) is 0 Å². The summed E-state index contributed by atoms with van der Waals surface area (Å²) < 4.78 is 2.55. The minimum Gasteiger partial charge on any atom is -0.302 e. The van der Waals surface area contributed by atoms with E-state index >= 15 is 0 Å². The number of hydrogen-bond acceptors (Lipinski definition) is 3. The molecule has 1 aliphatic rings. The van der Waals surface area contributed by atoms with Gasteiger partial charge < -0.3 is 4.57 Å². The van der Waals surface area contributed by atoms with Crippen LogP contribution in [0.1, 0.15) is 23.2 Å². The van der Waals surface area contributed by atoms with Crippen molar-refractivity contribution in [3.8, 4) is 0 Å². The number of aromatic nitrogens is 1. The molecular weight excluding hydrogens is 222 g/mol. The summed E-state index contributed by atoms with van der Waals surface area (Å²) in [7, 11) is 1.74. The van der Waals surface area contributed by atoms with Gasteiger partial charge in [-0.05, 0) is 31.0 Å². The molecule has 82 valence electrons. The molecule has 0 saturated heterocycles. The van der Waals surface area contributed by atoms with Gasteiger partial charge in [0.2, 0.25) is 0 Å². The fraction of sp³-hybridized carbons (Fsp3) is 0.333. The predicted octanol–water partition coefficient (Wildman–Crippen LogP) is 2.19. The molecule has 2 aromatic rings. The van der Waals surface area contributed by atoms with E-state index < -0.39 is 0 Å². The van der Waals surface area contributed by atoms with Crippen molar-refractivity contribution in [2.24, 2.45) is 13.0 Å². The van der Waals surface area contributed by atoms with Crippen LogP contribution in [0.3, 0.4) is 0 Å². The molecular formula is C12H11NO2S. The standard InChI is InChI=1S/C12H11NO2S/c1-13-9-6-8(11(14)7-2-3-7)4-5-10(9)16-12(13)15/h4-7H,2-3H2,1H3. The number of rotatable bonds is 2. The topological polar surface area (TPSA) is 39.1 Å². The van der Waals surface area contributed by atoms with Gasteiger partial charge in [0.05, 0.1) is 10.2 Å². The first-order chi connectivity index (χ1) is 7.66. The van der Waals surface area contributed by atoms with E-state index in [0.29, 0.717) is 0 Å². The normalized spacial score (nSPS) is 15.6. The predicted molar refractivity (Wildman–Crippen MR) is 64.1 cm³/mol. The molecule has 0 amide bonds. The van der Waals surface area contributed by atoms with Gasteiger partial charge in [-0.15, -0.1) is 0 Å². The molecule has 1 aromatic heterocycles. The Morgan fingerprint density at radius 2 is 2.19 bits per heavy atom. The van der Waals surface area contributed by atoms with Gasteiger partial charge >= 0.3 is 4.87 Å². The van der Waals surface area contributed by atoms with Crippen molar-refractivity contribution in [3.63, 3.8) is 0 Å². The van der Waals surface area contributed by atoms with E-state index in [0.717, 1.165) is 28.6 Å². The largest absolute Gasteiger partial charge is 0.307 e. The summed E-state index contributed by atoms with van der Waals surface area (Å²) in [6, 6.07) is 5.55. The molecule has 1 saturated carbocycles. The number of fused-ring (bicyclic) bond motifs is 1. The zero-order chi connectivity index (χ0) is 11.3. The molecule has 1 aromatic carbocycles.